The molecule has 0 radical (unpaired) electrons. The molecule has 0 bridgehead atoms. The Morgan fingerprint density at radius 3 is 2.81 bits per heavy atom. The van der Waals surface area contributed by atoms with Crippen molar-refractivity contribution in [1.82, 2.24) is 0 Å². The summed E-state index contributed by atoms with van der Waals surface area (Å²) < 4.78 is 6.54. The summed E-state index contributed by atoms with van der Waals surface area (Å²) in [5.41, 5.74) is 3.28. The maximum Gasteiger partial charge on any atom is 0.259 e. The number of fused-ring (bicyclic) bond motifs is 1. The van der Waals surface area contributed by atoms with Gasteiger partial charge in [0, 0.05) is 27.4 Å². The summed E-state index contributed by atoms with van der Waals surface area (Å²) in [4.78, 5) is 19.2. The predicted octanol–water partition coefficient (Wildman–Crippen LogP) is 7.61. The predicted molar refractivity (Wildman–Crippen MR) is 137 cm³/mol. The van der Waals surface area contributed by atoms with E-state index in [1.807, 2.05) is 30.3 Å². The largest absolute Gasteiger partial charge is 0.488 e. The molecular weight excluding hydrogens is 508 g/mol. The highest BCUT2D eigenvalue weighted by Crippen LogP contribution is 2.41. The molecule has 1 aliphatic rings. The minimum atomic E-state index is -0.127. The molecule has 1 amide bonds. The zero-order valence-corrected chi connectivity index (χ0v) is 20.5. The summed E-state index contributed by atoms with van der Waals surface area (Å²) in [6.07, 6.45) is 7.50. The first-order valence-electron chi connectivity index (χ1n) is 10.3. The summed E-state index contributed by atoms with van der Waals surface area (Å²) in [7, 11) is 0. The topological polar surface area (TPSA) is 50.7 Å². The van der Waals surface area contributed by atoms with Crippen LogP contribution in [0.25, 0.3) is 0 Å². The highest BCUT2D eigenvalue weighted by atomic mass is 79.9. The fraction of sp³-hybridized carbons (Fsp3) is 0.200. The standard InChI is InChI=1S/C25H22BrClN2O2S/c1-2-12-31-23-16(13-17(27)14-20(23)26)15-28-25-22(19-10-6-7-11-21(19)32-25)24(30)29-18-8-4-3-5-9-18/h2-5,8-9,13-15H,1,6-7,10-12H2,(H,29,30). The summed E-state index contributed by atoms with van der Waals surface area (Å²) in [5.74, 6) is 0.507. The first kappa shape index (κ1) is 22.8. The molecule has 4 rings (SSSR count). The van der Waals surface area contributed by atoms with E-state index in [1.54, 1.807) is 35.8 Å². The number of nitrogens with zero attached hydrogens (tertiary/aromatic N) is 1. The number of hydrogen-bond donors (Lipinski definition) is 1. The minimum Gasteiger partial charge on any atom is -0.488 e. The number of halogens is 2. The number of hydrogen-bond acceptors (Lipinski definition) is 4. The van der Waals surface area contributed by atoms with Crippen LogP contribution in [0.4, 0.5) is 10.7 Å². The van der Waals surface area contributed by atoms with Crippen molar-refractivity contribution in [3.05, 3.63) is 86.2 Å². The van der Waals surface area contributed by atoms with E-state index in [0.29, 0.717) is 27.9 Å². The van der Waals surface area contributed by atoms with Crippen molar-refractivity contribution in [2.75, 3.05) is 11.9 Å². The van der Waals surface area contributed by atoms with Crippen LogP contribution in [0, 0.1) is 0 Å². The molecule has 7 heteroatoms. The number of ether oxygens (including phenoxy) is 1. The lowest BCUT2D eigenvalue weighted by Crippen LogP contribution is -2.14. The second-order valence-electron chi connectivity index (χ2n) is 7.38. The molecule has 1 N–H and O–H groups in total. The van der Waals surface area contributed by atoms with Gasteiger partial charge in [0.2, 0.25) is 0 Å². The number of thiophene rings is 1. The molecule has 3 aromatic rings. The van der Waals surface area contributed by atoms with Crippen molar-refractivity contribution >= 4 is 61.7 Å². The Hall–Kier alpha value is -2.41. The van der Waals surface area contributed by atoms with Gasteiger partial charge in [-0.3, -0.25) is 4.79 Å². The molecular formula is C25H22BrClN2O2S. The number of benzene rings is 2. The molecule has 0 atom stereocenters. The molecule has 1 aromatic heterocycles. The van der Waals surface area contributed by atoms with Crippen LogP contribution in [-0.4, -0.2) is 18.7 Å². The van der Waals surface area contributed by atoms with E-state index in [9.17, 15) is 4.79 Å². The maximum absolute atomic E-state index is 13.3. The SMILES string of the molecule is C=CCOc1c(Br)cc(Cl)cc1C=Nc1sc2c(c1C(=O)Nc1ccccc1)CCCC2. The Morgan fingerprint density at radius 2 is 2.03 bits per heavy atom. The van der Waals surface area contributed by atoms with Crippen molar-refractivity contribution in [3.8, 4) is 5.75 Å². The fourth-order valence-corrected chi connectivity index (χ4v) is 5.87. The number of para-hydroxylation sites is 1. The van der Waals surface area contributed by atoms with Gasteiger partial charge in [0.05, 0.1) is 10.0 Å². The van der Waals surface area contributed by atoms with Crippen LogP contribution in [0.3, 0.4) is 0 Å². The van der Waals surface area contributed by atoms with Crippen molar-refractivity contribution in [3.63, 3.8) is 0 Å². The lowest BCUT2D eigenvalue weighted by Gasteiger charge is -2.13. The molecule has 0 spiro atoms. The van der Waals surface area contributed by atoms with Crippen LogP contribution in [0.1, 0.15) is 39.2 Å². The van der Waals surface area contributed by atoms with E-state index < -0.39 is 0 Å². The fourth-order valence-electron chi connectivity index (χ4n) is 3.69. The first-order valence-corrected chi connectivity index (χ1v) is 12.3. The van der Waals surface area contributed by atoms with Crippen molar-refractivity contribution in [2.24, 2.45) is 4.99 Å². The summed E-state index contributed by atoms with van der Waals surface area (Å²) >= 11 is 11.4. The Balaban J connectivity index is 1.71. The summed E-state index contributed by atoms with van der Waals surface area (Å²) in [5, 5.41) is 4.29. The van der Waals surface area contributed by atoms with Gasteiger partial charge in [0.25, 0.3) is 5.91 Å². The number of nitrogens with one attached hydrogen (secondary N) is 1. The van der Waals surface area contributed by atoms with Gasteiger partial charge in [-0.2, -0.15) is 0 Å². The molecule has 0 fully saturated rings. The Bertz CT molecular complexity index is 1170. The van der Waals surface area contributed by atoms with Gasteiger partial charge in [-0.15, -0.1) is 11.3 Å². The van der Waals surface area contributed by atoms with Crippen molar-refractivity contribution in [2.45, 2.75) is 25.7 Å². The number of carbonyl (C=O) groups is 1. The van der Waals surface area contributed by atoms with Crippen LogP contribution in [0.5, 0.6) is 5.75 Å². The number of anilines is 1. The Morgan fingerprint density at radius 1 is 1.25 bits per heavy atom. The molecule has 0 saturated heterocycles. The molecule has 0 aliphatic heterocycles. The van der Waals surface area contributed by atoms with Crippen molar-refractivity contribution in [1.29, 1.82) is 0 Å². The summed E-state index contributed by atoms with van der Waals surface area (Å²) in [6.45, 7) is 4.07. The maximum atomic E-state index is 13.3. The van der Waals surface area contributed by atoms with Crippen molar-refractivity contribution < 1.29 is 9.53 Å². The van der Waals surface area contributed by atoms with E-state index >= 15 is 0 Å². The number of amides is 1. The monoisotopic (exact) mass is 528 g/mol. The van der Waals surface area contributed by atoms with Gasteiger partial charge in [-0.25, -0.2) is 4.99 Å². The molecule has 0 saturated carbocycles. The number of rotatable bonds is 7. The van der Waals surface area contributed by atoms with E-state index in [0.717, 1.165) is 47.0 Å². The lowest BCUT2D eigenvalue weighted by atomic mass is 9.95. The smallest absolute Gasteiger partial charge is 0.259 e. The van der Waals surface area contributed by atoms with E-state index in [-0.39, 0.29) is 5.91 Å². The van der Waals surface area contributed by atoms with Gasteiger partial charge < -0.3 is 10.1 Å². The van der Waals surface area contributed by atoms with Crippen LogP contribution in [0.15, 0.2) is 64.6 Å². The third-order valence-corrected chi connectivity index (χ3v) is 7.12. The number of aryl methyl sites for hydroxylation is 1. The second kappa shape index (κ2) is 10.5. The van der Waals surface area contributed by atoms with Crippen LogP contribution in [-0.2, 0) is 12.8 Å². The minimum absolute atomic E-state index is 0.127. The molecule has 32 heavy (non-hydrogen) atoms. The zero-order chi connectivity index (χ0) is 22.5. The average molecular weight is 530 g/mol. The van der Waals surface area contributed by atoms with E-state index in [2.05, 4.69) is 27.8 Å². The van der Waals surface area contributed by atoms with Gasteiger partial charge in [0.1, 0.15) is 17.4 Å². The lowest BCUT2D eigenvalue weighted by molar-refractivity contribution is 0.102. The Kier molecular flexibility index (Phi) is 7.45. The summed E-state index contributed by atoms with van der Waals surface area (Å²) in [6, 6.07) is 13.1. The first-order chi connectivity index (χ1) is 15.6. The number of carbonyl (C=O) groups excluding carboxylic acids is 1. The molecule has 1 heterocycles. The normalized spacial score (nSPS) is 13.1. The Labute approximate surface area is 205 Å². The van der Waals surface area contributed by atoms with Gasteiger partial charge >= 0.3 is 0 Å². The van der Waals surface area contributed by atoms with Crippen LogP contribution < -0.4 is 10.1 Å². The highest BCUT2D eigenvalue weighted by molar-refractivity contribution is 9.10. The second-order valence-corrected chi connectivity index (χ2v) is 9.75. The van der Waals surface area contributed by atoms with E-state index in [1.165, 1.54) is 4.88 Å². The molecule has 1 aliphatic carbocycles. The third kappa shape index (κ3) is 5.14. The third-order valence-electron chi connectivity index (χ3n) is 5.11. The molecule has 164 valence electrons. The highest BCUT2D eigenvalue weighted by Gasteiger charge is 2.25. The molecule has 4 nitrogen and oxygen atoms in total. The molecule has 2 aromatic carbocycles. The van der Waals surface area contributed by atoms with Gasteiger partial charge in [0.15, 0.2) is 0 Å². The quantitative estimate of drug-likeness (QED) is 0.253. The van der Waals surface area contributed by atoms with Crippen LogP contribution in [0.2, 0.25) is 5.02 Å². The van der Waals surface area contributed by atoms with E-state index in [4.69, 9.17) is 21.3 Å². The number of aliphatic imine (C=N–C) groups is 1. The molecule has 0 unspecified atom stereocenters. The van der Waals surface area contributed by atoms with Gasteiger partial charge in [-0.05, 0) is 71.4 Å². The average Bonchev–Trinajstić information content (AvgIpc) is 3.16. The van der Waals surface area contributed by atoms with Gasteiger partial charge in [-0.1, -0.05) is 42.5 Å². The zero-order valence-electron chi connectivity index (χ0n) is 17.4. The van der Waals surface area contributed by atoms with Crippen LogP contribution >= 0.6 is 38.9 Å².